The molecule has 0 aromatic heterocycles. The van der Waals surface area contributed by atoms with E-state index in [1.807, 2.05) is 0 Å². The highest BCUT2D eigenvalue weighted by atomic mass is 35.5. The highest BCUT2D eigenvalue weighted by Gasteiger charge is 2.10. The van der Waals surface area contributed by atoms with E-state index in [1.165, 1.54) is 7.11 Å². The molecule has 6 heteroatoms. The highest BCUT2D eigenvalue weighted by molar-refractivity contribution is 6.30. The summed E-state index contributed by atoms with van der Waals surface area (Å²) < 4.78 is 14.9. The average molecular weight is 301 g/mol. The first-order chi connectivity index (χ1) is 9.56. The van der Waals surface area contributed by atoms with Crippen molar-refractivity contribution in [2.24, 2.45) is 0 Å². The van der Waals surface area contributed by atoms with Crippen molar-refractivity contribution in [3.8, 4) is 5.75 Å². The Hall–Kier alpha value is -1.75. The molecule has 0 bridgehead atoms. The lowest BCUT2D eigenvalue weighted by Gasteiger charge is -2.09. The molecule has 0 aliphatic rings. The van der Waals surface area contributed by atoms with Crippen LogP contribution in [-0.2, 0) is 25.7 Å². The minimum atomic E-state index is -0.463. The van der Waals surface area contributed by atoms with Gasteiger partial charge in [-0.05, 0) is 19.1 Å². The summed E-state index contributed by atoms with van der Waals surface area (Å²) in [6.07, 6.45) is 0.0131. The number of ether oxygens (including phenoxy) is 3. The Balaban J connectivity index is 2.43. The molecule has 0 saturated carbocycles. The third-order valence-electron chi connectivity index (χ3n) is 2.48. The number of carbonyl (C=O) groups excluding carboxylic acids is 2. The molecule has 0 saturated heterocycles. The lowest BCUT2D eigenvalue weighted by Crippen LogP contribution is -2.10. The van der Waals surface area contributed by atoms with Gasteiger partial charge in [-0.3, -0.25) is 9.59 Å². The third kappa shape index (κ3) is 5.48. The Morgan fingerprint density at radius 1 is 1.15 bits per heavy atom. The van der Waals surface area contributed by atoms with Gasteiger partial charge >= 0.3 is 11.9 Å². The van der Waals surface area contributed by atoms with E-state index in [0.717, 1.165) is 0 Å². The second-order valence-electron chi connectivity index (χ2n) is 3.92. The fraction of sp³-hybridized carbons (Fsp3) is 0.429. The molecule has 0 aliphatic heterocycles. The number of carbonyl (C=O) groups is 2. The molecule has 5 nitrogen and oxygen atoms in total. The molecule has 110 valence electrons. The number of halogens is 1. The molecule has 0 atom stereocenters. The molecular formula is C14H17ClO5. The zero-order valence-corrected chi connectivity index (χ0v) is 12.2. The van der Waals surface area contributed by atoms with Crippen LogP contribution in [0.15, 0.2) is 18.2 Å². The van der Waals surface area contributed by atoms with Gasteiger partial charge in [-0.2, -0.15) is 0 Å². The topological polar surface area (TPSA) is 61.8 Å². The molecule has 1 aromatic rings. The van der Waals surface area contributed by atoms with Gasteiger partial charge in [0, 0.05) is 10.6 Å². The zero-order valence-electron chi connectivity index (χ0n) is 11.5. The quantitative estimate of drug-likeness (QED) is 0.725. The molecule has 0 amide bonds. The molecule has 0 N–H and O–H groups in total. The van der Waals surface area contributed by atoms with Crippen molar-refractivity contribution in [3.63, 3.8) is 0 Å². The standard InChI is InChI=1S/C14H17ClO5/c1-3-19-13(16)6-7-14(17)20-9-10-4-5-11(15)8-12(10)18-2/h4-5,8H,3,6-7,9H2,1-2H3. The molecule has 20 heavy (non-hydrogen) atoms. The number of rotatable bonds is 7. The highest BCUT2D eigenvalue weighted by Crippen LogP contribution is 2.23. The van der Waals surface area contributed by atoms with Gasteiger partial charge in [0.15, 0.2) is 0 Å². The first-order valence-corrected chi connectivity index (χ1v) is 6.58. The minimum Gasteiger partial charge on any atom is -0.496 e. The molecule has 1 aromatic carbocycles. The number of methoxy groups -OCH3 is 1. The van der Waals surface area contributed by atoms with Crippen LogP contribution >= 0.6 is 11.6 Å². The Kier molecular flexibility index (Phi) is 6.87. The maximum Gasteiger partial charge on any atom is 0.306 e. The van der Waals surface area contributed by atoms with Crippen LogP contribution in [0.3, 0.4) is 0 Å². The first-order valence-electron chi connectivity index (χ1n) is 6.20. The van der Waals surface area contributed by atoms with E-state index in [1.54, 1.807) is 25.1 Å². The molecule has 0 unspecified atom stereocenters. The summed E-state index contributed by atoms with van der Waals surface area (Å²) in [7, 11) is 1.51. The van der Waals surface area contributed by atoms with E-state index in [0.29, 0.717) is 22.9 Å². The van der Waals surface area contributed by atoms with Gasteiger partial charge in [-0.15, -0.1) is 0 Å². The van der Waals surface area contributed by atoms with Gasteiger partial charge < -0.3 is 14.2 Å². The van der Waals surface area contributed by atoms with Gasteiger partial charge in [0.25, 0.3) is 0 Å². The Labute approximate surface area is 122 Å². The smallest absolute Gasteiger partial charge is 0.306 e. The summed E-state index contributed by atoms with van der Waals surface area (Å²) in [6.45, 7) is 2.08. The SMILES string of the molecule is CCOC(=O)CCC(=O)OCc1ccc(Cl)cc1OC. The summed E-state index contributed by atoms with van der Waals surface area (Å²) >= 11 is 5.83. The molecule has 1 rings (SSSR count). The van der Waals surface area contributed by atoms with Gasteiger partial charge in [0.2, 0.25) is 0 Å². The Morgan fingerprint density at radius 2 is 1.80 bits per heavy atom. The second kappa shape index (κ2) is 8.43. The van der Waals surface area contributed by atoms with Crippen LogP contribution in [0.4, 0.5) is 0 Å². The van der Waals surface area contributed by atoms with Crippen molar-refractivity contribution < 1.29 is 23.8 Å². The van der Waals surface area contributed by atoms with Crippen LogP contribution in [0.5, 0.6) is 5.75 Å². The predicted molar refractivity (Wildman–Crippen MR) is 73.7 cm³/mol. The van der Waals surface area contributed by atoms with Gasteiger partial charge in [-0.1, -0.05) is 17.7 Å². The van der Waals surface area contributed by atoms with Crippen molar-refractivity contribution in [1.82, 2.24) is 0 Å². The molecule has 0 fully saturated rings. The van der Waals surface area contributed by atoms with E-state index in [9.17, 15) is 9.59 Å². The molecule has 0 radical (unpaired) electrons. The van der Waals surface area contributed by atoms with Crippen LogP contribution in [0.25, 0.3) is 0 Å². The fourth-order valence-electron chi connectivity index (χ4n) is 1.51. The second-order valence-corrected chi connectivity index (χ2v) is 4.36. The summed E-state index contributed by atoms with van der Waals surface area (Å²) in [5.74, 6) is -0.320. The normalized spacial score (nSPS) is 9.95. The predicted octanol–water partition coefficient (Wildman–Crippen LogP) is 2.74. The summed E-state index contributed by atoms with van der Waals surface area (Å²) in [5.41, 5.74) is 0.710. The van der Waals surface area contributed by atoms with Crippen molar-refractivity contribution in [2.45, 2.75) is 26.4 Å². The first kappa shape index (κ1) is 16.3. The summed E-state index contributed by atoms with van der Waals surface area (Å²) in [4.78, 5) is 22.6. The third-order valence-corrected chi connectivity index (χ3v) is 2.71. The Bertz CT molecular complexity index is 473. The lowest BCUT2D eigenvalue weighted by atomic mass is 10.2. The lowest BCUT2D eigenvalue weighted by molar-refractivity contribution is -0.150. The van der Waals surface area contributed by atoms with Crippen LogP contribution in [0.1, 0.15) is 25.3 Å². The van der Waals surface area contributed by atoms with E-state index < -0.39 is 11.9 Å². The van der Waals surface area contributed by atoms with E-state index in [4.69, 9.17) is 25.8 Å². The number of hydrogen-bond donors (Lipinski definition) is 0. The van der Waals surface area contributed by atoms with Crippen molar-refractivity contribution >= 4 is 23.5 Å². The van der Waals surface area contributed by atoms with Gasteiger partial charge in [0.05, 0.1) is 26.6 Å². The maximum absolute atomic E-state index is 11.5. The number of benzene rings is 1. The molecule has 0 heterocycles. The van der Waals surface area contributed by atoms with Crippen LogP contribution in [0.2, 0.25) is 5.02 Å². The largest absolute Gasteiger partial charge is 0.496 e. The van der Waals surface area contributed by atoms with Crippen molar-refractivity contribution in [2.75, 3.05) is 13.7 Å². The van der Waals surface area contributed by atoms with Gasteiger partial charge in [0.1, 0.15) is 12.4 Å². The summed E-state index contributed by atoms with van der Waals surface area (Å²) in [5, 5.41) is 0.541. The Morgan fingerprint density at radius 3 is 2.40 bits per heavy atom. The summed E-state index contributed by atoms with van der Waals surface area (Å²) in [6, 6.07) is 5.05. The van der Waals surface area contributed by atoms with Crippen LogP contribution in [-0.4, -0.2) is 25.7 Å². The minimum absolute atomic E-state index is 0.00522. The van der Waals surface area contributed by atoms with E-state index >= 15 is 0 Å². The van der Waals surface area contributed by atoms with E-state index in [2.05, 4.69) is 0 Å². The molecule has 0 spiro atoms. The number of esters is 2. The van der Waals surface area contributed by atoms with Crippen LogP contribution < -0.4 is 4.74 Å². The van der Waals surface area contributed by atoms with E-state index in [-0.39, 0.29) is 19.4 Å². The fourth-order valence-corrected chi connectivity index (χ4v) is 1.67. The van der Waals surface area contributed by atoms with Crippen LogP contribution in [0, 0.1) is 0 Å². The van der Waals surface area contributed by atoms with Gasteiger partial charge in [-0.25, -0.2) is 0 Å². The van der Waals surface area contributed by atoms with Crippen molar-refractivity contribution in [1.29, 1.82) is 0 Å². The van der Waals surface area contributed by atoms with Crippen molar-refractivity contribution in [3.05, 3.63) is 28.8 Å². The monoisotopic (exact) mass is 300 g/mol. The molecule has 0 aliphatic carbocycles. The zero-order chi connectivity index (χ0) is 15.0. The molecular weight excluding hydrogens is 284 g/mol. The average Bonchev–Trinajstić information content (AvgIpc) is 2.44. The maximum atomic E-state index is 11.5. The number of hydrogen-bond acceptors (Lipinski definition) is 5.